The van der Waals surface area contributed by atoms with Gasteiger partial charge in [0.05, 0.1) is 11.8 Å². The summed E-state index contributed by atoms with van der Waals surface area (Å²) in [6, 6.07) is -0.0615. The molecule has 5 nitrogen and oxygen atoms in total. The van der Waals surface area contributed by atoms with E-state index < -0.39 is 10.0 Å². The third-order valence-electron chi connectivity index (χ3n) is 2.67. The first kappa shape index (κ1) is 14.4. The highest BCUT2D eigenvalue weighted by molar-refractivity contribution is 7.89. The number of sulfonamides is 1. The third-order valence-corrected chi connectivity index (χ3v) is 5.05. The van der Waals surface area contributed by atoms with Crippen molar-refractivity contribution in [2.75, 3.05) is 18.8 Å². The molecule has 0 aromatic heterocycles. The Labute approximate surface area is 103 Å². The van der Waals surface area contributed by atoms with E-state index in [0.29, 0.717) is 25.9 Å². The van der Waals surface area contributed by atoms with Crippen molar-refractivity contribution in [1.82, 2.24) is 4.31 Å². The predicted molar refractivity (Wildman–Crippen MR) is 66.0 cm³/mol. The highest BCUT2D eigenvalue weighted by Gasteiger charge is 2.31. The van der Waals surface area contributed by atoms with Gasteiger partial charge in [0.25, 0.3) is 0 Å². The van der Waals surface area contributed by atoms with E-state index in [9.17, 15) is 13.2 Å². The van der Waals surface area contributed by atoms with E-state index >= 15 is 0 Å². The molecule has 6 heteroatoms. The lowest BCUT2D eigenvalue weighted by Crippen LogP contribution is -2.42. The van der Waals surface area contributed by atoms with Gasteiger partial charge in [0.15, 0.2) is 0 Å². The molecular formula is C11H20N2O3S. The van der Waals surface area contributed by atoms with Crippen LogP contribution in [0.3, 0.4) is 0 Å². The zero-order valence-electron chi connectivity index (χ0n) is 10.6. The van der Waals surface area contributed by atoms with Crippen molar-refractivity contribution in [3.63, 3.8) is 0 Å². The zero-order valence-corrected chi connectivity index (χ0v) is 11.5. The summed E-state index contributed by atoms with van der Waals surface area (Å²) < 4.78 is 25.7. The monoisotopic (exact) mass is 260 g/mol. The molecule has 1 aliphatic heterocycles. The van der Waals surface area contributed by atoms with E-state index in [1.54, 1.807) is 0 Å². The lowest BCUT2D eigenvalue weighted by molar-refractivity contribution is 0.314. The summed E-state index contributed by atoms with van der Waals surface area (Å²) in [6.45, 7) is 6.64. The van der Waals surface area contributed by atoms with Crippen LogP contribution in [0.5, 0.6) is 0 Å². The topological polar surface area (TPSA) is 66.8 Å². The second-order valence-electron chi connectivity index (χ2n) is 5.67. The summed E-state index contributed by atoms with van der Waals surface area (Å²) in [5.74, 6) is 0.154. The van der Waals surface area contributed by atoms with Crippen molar-refractivity contribution >= 4 is 16.1 Å². The smallest absolute Gasteiger partial charge is 0.212 e. The van der Waals surface area contributed by atoms with Crippen LogP contribution in [0.25, 0.3) is 0 Å². The van der Waals surface area contributed by atoms with Gasteiger partial charge in [0.1, 0.15) is 0 Å². The average molecular weight is 260 g/mol. The lowest BCUT2D eigenvalue weighted by atomic mass is 10.0. The minimum Gasteiger partial charge on any atom is -0.212 e. The third kappa shape index (κ3) is 4.58. The van der Waals surface area contributed by atoms with E-state index in [0.717, 1.165) is 0 Å². The van der Waals surface area contributed by atoms with E-state index in [-0.39, 0.29) is 17.2 Å². The Morgan fingerprint density at radius 2 is 1.82 bits per heavy atom. The molecule has 0 saturated carbocycles. The predicted octanol–water partition coefficient (Wildman–Crippen LogP) is 1.16. The second-order valence-corrected chi connectivity index (χ2v) is 7.64. The normalized spacial score (nSPS) is 19.9. The van der Waals surface area contributed by atoms with Gasteiger partial charge in [0.2, 0.25) is 16.1 Å². The number of rotatable bonds is 3. The van der Waals surface area contributed by atoms with Crippen LogP contribution in [0.1, 0.15) is 33.6 Å². The van der Waals surface area contributed by atoms with Crippen LogP contribution in [-0.2, 0) is 14.8 Å². The van der Waals surface area contributed by atoms with E-state index in [1.165, 1.54) is 10.4 Å². The van der Waals surface area contributed by atoms with Gasteiger partial charge in [-0.2, -0.15) is 0 Å². The molecule has 0 unspecified atom stereocenters. The first-order valence-corrected chi connectivity index (χ1v) is 7.40. The average Bonchev–Trinajstić information content (AvgIpc) is 2.15. The molecule has 98 valence electrons. The van der Waals surface area contributed by atoms with Crippen LogP contribution in [-0.4, -0.2) is 43.7 Å². The Hall–Kier alpha value is -0.710. The van der Waals surface area contributed by atoms with E-state index in [2.05, 4.69) is 4.99 Å². The molecule has 1 rings (SSSR count). The first-order valence-electron chi connectivity index (χ1n) is 5.79. The largest absolute Gasteiger partial charge is 0.235 e. The van der Waals surface area contributed by atoms with Gasteiger partial charge in [-0.25, -0.2) is 22.5 Å². The van der Waals surface area contributed by atoms with E-state index in [1.807, 2.05) is 20.8 Å². The standard InChI is InChI=1S/C11H20N2O3S/c1-11(2,3)8-17(15,16)13-6-4-10(5-7-13)12-9-14/h10H,4-8H2,1-3H3. The fourth-order valence-corrected chi connectivity index (χ4v) is 4.01. The van der Waals surface area contributed by atoms with Gasteiger partial charge in [0, 0.05) is 13.1 Å². The minimum absolute atomic E-state index is 0.0615. The number of isocyanates is 1. The van der Waals surface area contributed by atoms with Crippen LogP contribution in [0.2, 0.25) is 0 Å². The fourth-order valence-electron chi connectivity index (χ4n) is 1.96. The summed E-state index contributed by atoms with van der Waals surface area (Å²) in [5, 5.41) is 0. The molecule has 0 amide bonds. The summed E-state index contributed by atoms with van der Waals surface area (Å²) in [7, 11) is -3.19. The van der Waals surface area contributed by atoms with E-state index in [4.69, 9.17) is 0 Å². The quantitative estimate of drug-likeness (QED) is 0.565. The van der Waals surface area contributed by atoms with Crippen LogP contribution >= 0.6 is 0 Å². The van der Waals surface area contributed by atoms with Crippen LogP contribution < -0.4 is 0 Å². The Bertz CT molecular complexity index is 397. The molecular weight excluding hydrogens is 240 g/mol. The van der Waals surface area contributed by atoms with Gasteiger partial charge < -0.3 is 0 Å². The number of hydrogen-bond donors (Lipinski definition) is 0. The zero-order chi connectivity index (χ0) is 13.1. The van der Waals surface area contributed by atoms with Crippen LogP contribution in [0.4, 0.5) is 0 Å². The molecule has 0 bridgehead atoms. The summed E-state index contributed by atoms with van der Waals surface area (Å²) >= 11 is 0. The molecule has 1 fully saturated rings. The van der Waals surface area contributed by atoms with Crippen LogP contribution in [0.15, 0.2) is 4.99 Å². The Morgan fingerprint density at radius 1 is 1.29 bits per heavy atom. The number of piperidine rings is 1. The van der Waals surface area contributed by atoms with Gasteiger partial charge in [-0.1, -0.05) is 20.8 Å². The molecule has 0 aromatic carbocycles. The van der Waals surface area contributed by atoms with Crippen molar-refractivity contribution in [1.29, 1.82) is 0 Å². The second kappa shape index (κ2) is 5.29. The molecule has 0 spiro atoms. The number of hydrogen-bond acceptors (Lipinski definition) is 4. The summed E-state index contributed by atoms with van der Waals surface area (Å²) in [4.78, 5) is 13.8. The number of aliphatic imine (C=N–C) groups is 1. The minimum atomic E-state index is -3.19. The van der Waals surface area contributed by atoms with Crippen molar-refractivity contribution in [3.05, 3.63) is 0 Å². The maximum Gasteiger partial charge on any atom is 0.235 e. The van der Waals surface area contributed by atoms with Crippen LogP contribution in [0, 0.1) is 5.41 Å². The number of carbonyl (C=O) groups excluding carboxylic acids is 1. The fraction of sp³-hybridized carbons (Fsp3) is 0.909. The van der Waals surface area contributed by atoms with Crippen molar-refractivity contribution < 1.29 is 13.2 Å². The molecule has 0 atom stereocenters. The van der Waals surface area contributed by atoms with Crippen molar-refractivity contribution in [2.24, 2.45) is 10.4 Å². The SMILES string of the molecule is CC(C)(C)CS(=O)(=O)N1CCC(N=C=O)CC1. The Balaban J connectivity index is 2.62. The van der Waals surface area contributed by atoms with Gasteiger partial charge >= 0.3 is 0 Å². The molecule has 1 aliphatic rings. The van der Waals surface area contributed by atoms with Crippen molar-refractivity contribution in [2.45, 2.75) is 39.7 Å². The van der Waals surface area contributed by atoms with Gasteiger partial charge in [-0.05, 0) is 18.3 Å². The van der Waals surface area contributed by atoms with Gasteiger partial charge in [-0.3, -0.25) is 0 Å². The van der Waals surface area contributed by atoms with Crippen molar-refractivity contribution in [3.8, 4) is 0 Å². The maximum atomic E-state index is 12.1. The Morgan fingerprint density at radius 3 is 2.24 bits per heavy atom. The molecule has 1 saturated heterocycles. The molecule has 0 radical (unpaired) electrons. The summed E-state index contributed by atoms with van der Waals surface area (Å²) in [5.41, 5.74) is -0.239. The summed E-state index contributed by atoms with van der Waals surface area (Å²) in [6.07, 6.45) is 2.76. The van der Waals surface area contributed by atoms with Gasteiger partial charge in [-0.15, -0.1) is 0 Å². The molecule has 1 heterocycles. The lowest BCUT2D eigenvalue weighted by Gasteiger charge is -2.31. The Kier molecular flexibility index (Phi) is 4.47. The number of nitrogens with zero attached hydrogens (tertiary/aromatic N) is 2. The molecule has 0 aliphatic carbocycles. The molecule has 0 N–H and O–H groups in total. The highest BCUT2D eigenvalue weighted by Crippen LogP contribution is 2.22. The maximum absolute atomic E-state index is 12.1. The highest BCUT2D eigenvalue weighted by atomic mass is 32.2. The first-order chi connectivity index (χ1) is 7.74. The molecule has 0 aromatic rings. The molecule has 17 heavy (non-hydrogen) atoms.